The topological polar surface area (TPSA) is 62.5 Å². The van der Waals surface area contributed by atoms with Gasteiger partial charge in [0.05, 0.1) is 0 Å². The molecule has 5 nitrogen and oxygen atoms in total. The van der Waals surface area contributed by atoms with Gasteiger partial charge in [0, 0.05) is 43.4 Å². The largest absolute Gasteiger partial charge is 0.478 e. The highest BCUT2D eigenvalue weighted by atomic mass is 16.4. The van der Waals surface area contributed by atoms with Crippen LogP contribution >= 0.6 is 0 Å². The smallest absolute Gasteiger partial charge is 0.328 e. The number of aromatic nitrogens is 1. The van der Waals surface area contributed by atoms with Crippen molar-refractivity contribution in [2.45, 2.75) is 39.8 Å². The molecule has 0 bridgehead atoms. The molecule has 0 atom stereocenters. The minimum atomic E-state index is -1.04. The van der Waals surface area contributed by atoms with Crippen LogP contribution in [-0.2, 0) is 24.3 Å². The van der Waals surface area contributed by atoms with Crippen molar-refractivity contribution in [3.8, 4) is 0 Å². The second-order valence-electron chi connectivity index (χ2n) is 6.37. The Morgan fingerprint density at radius 2 is 2.18 bits per heavy atom. The fourth-order valence-corrected chi connectivity index (χ4v) is 2.79. The average molecular weight is 304 g/mol. The van der Waals surface area contributed by atoms with Crippen molar-refractivity contribution in [3.05, 3.63) is 39.3 Å². The summed E-state index contributed by atoms with van der Waals surface area (Å²) in [4.78, 5) is 25.6. The molecule has 1 aliphatic rings. The van der Waals surface area contributed by atoms with Gasteiger partial charge in [-0.05, 0) is 37.1 Å². The van der Waals surface area contributed by atoms with E-state index >= 15 is 0 Å². The van der Waals surface area contributed by atoms with E-state index in [0.717, 1.165) is 43.3 Å². The summed E-state index contributed by atoms with van der Waals surface area (Å²) in [6.45, 7) is 6.71. The van der Waals surface area contributed by atoms with Crippen LogP contribution in [0.2, 0.25) is 0 Å². The second-order valence-corrected chi connectivity index (χ2v) is 6.37. The third-order valence-corrected chi connectivity index (χ3v) is 4.02. The third kappa shape index (κ3) is 3.85. The molecule has 22 heavy (non-hydrogen) atoms. The zero-order valence-electron chi connectivity index (χ0n) is 13.5. The van der Waals surface area contributed by atoms with Gasteiger partial charge in [-0.2, -0.15) is 0 Å². The van der Waals surface area contributed by atoms with E-state index in [9.17, 15) is 9.59 Å². The lowest BCUT2D eigenvalue weighted by Gasteiger charge is -2.28. The molecule has 0 unspecified atom stereocenters. The number of pyridine rings is 1. The molecule has 1 aliphatic heterocycles. The summed E-state index contributed by atoms with van der Waals surface area (Å²) in [5, 5.41) is 8.79. The number of rotatable bonds is 5. The van der Waals surface area contributed by atoms with Crippen molar-refractivity contribution in [1.82, 2.24) is 9.47 Å². The highest BCUT2D eigenvalue weighted by molar-refractivity contribution is 5.85. The molecule has 0 fully saturated rings. The van der Waals surface area contributed by atoms with Crippen molar-refractivity contribution >= 4 is 12.0 Å². The van der Waals surface area contributed by atoms with E-state index in [2.05, 4.69) is 25.8 Å². The number of nitrogens with zero attached hydrogens (tertiary/aromatic N) is 2. The molecular weight excluding hydrogens is 280 g/mol. The first-order valence-electron chi connectivity index (χ1n) is 7.73. The molecule has 0 aliphatic carbocycles. The van der Waals surface area contributed by atoms with Crippen LogP contribution in [-0.4, -0.2) is 34.1 Å². The SMILES string of the molecule is CC(C)CCn1c2c(cc(/C=C/C(=O)O)c1=O)CN(C)CC2. The predicted octanol–water partition coefficient (Wildman–Crippen LogP) is 1.98. The van der Waals surface area contributed by atoms with Gasteiger partial charge in [0.25, 0.3) is 5.56 Å². The maximum absolute atomic E-state index is 12.7. The van der Waals surface area contributed by atoms with E-state index < -0.39 is 5.97 Å². The molecule has 0 saturated carbocycles. The second kappa shape index (κ2) is 6.92. The molecule has 5 heteroatoms. The number of hydrogen-bond acceptors (Lipinski definition) is 3. The van der Waals surface area contributed by atoms with Gasteiger partial charge in [0.15, 0.2) is 0 Å². The molecule has 2 rings (SSSR count). The summed E-state index contributed by atoms with van der Waals surface area (Å²) in [5.41, 5.74) is 2.61. The quantitative estimate of drug-likeness (QED) is 0.845. The Kier molecular flexibility index (Phi) is 5.19. The van der Waals surface area contributed by atoms with Crippen molar-refractivity contribution < 1.29 is 9.90 Å². The highest BCUT2D eigenvalue weighted by Gasteiger charge is 2.19. The molecule has 1 N–H and O–H groups in total. The first kappa shape index (κ1) is 16.5. The van der Waals surface area contributed by atoms with E-state index in [-0.39, 0.29) is 5.56 Å². The van der Waals surface area contributed by atoms with Crippen LogP contribution in [0.1, 0.15) is 37.1 Å². The minimum absolute atomic E-state index is 0.0820. The van der Waals surface area contributed by atoms with Gasteiger partial charge < -0.3 is 14.6 Å². The first-order valence-corrected chi connectivity index (χ1v) is 7.73. The van der Waals surface area contributed by atoms with Crippen LogP contribution in [0.3, 0.4) is 0 Å². The van der Waals surface area contributed by atoms with Gasteiger partial charge in [-0.15, -0.1) is 0 Å². The molecule has 0 saturated heterocycles. The Hall–Kier alpha value is -1.88. The zero-order chi connectivity index (χ0) is 16.3. The minimum Gasteiger partial charge on any atom is -0.478 e. The number of hydrogen-bond donors (Lipinski definition) is 1. The van der Waals surface area contributed by atoms with Gasteiger partial charge in [-0.3, -0.25) is 4.79 Å². The van der Waals surface area contributed by atoms with Crippen LogP contribution in [0, 0.1) is 5.92 Å². The number of fused-ring (bicyclic) bond motifs is 1. The fourth-order valence-electron chi connectivity index (χ4n) is 2.79. The summed E-state index contributed by atoms with van der Waals surface area (Å²) in [7, 11) is 2.05. The Labute approximate surface area is 130 Å². The van der Waals surface area contributed by atoms with Crippen LogP contribution in [0.5, 0.6) is 0 Å². The van der Waals surface area contributed by atoms with E-state index in [4.69, 9.17) is 5.11 Å². The van der Waals surface area contributed by atoms with Crippen molar-refractivity contribution in [1.29, 1.82) is 0 Å². The molecule has 0 amide bonds. The summed E-state index contributed by atoms with van der Waals surface area (Å²) < 4.78 is 1.85. The number of likely N-dealkylation sites (N-methyl/N-ethyl adjacent to an activating group) is 1. The molecule has 0 aromatic carbocycles. The number of carbonyl (C=O) groups is 1. The van der Waals surface area contributed by atoms with Gasteiger partial charge in [-0.1, -0.05) is 13.8 Å². The molecular formula is C17H24N2O3. The van der Waals surface area contributed by atoms with Crippen LogP contribution in [0.25, 0.3) is 6.08 Å². The van der Waals surface area contributed by atoms with Crippen LogP contribution in [0.15, 0.2) is 16.9 Å². The van der Waals surface area contributed by atoms with Crippen LogP contribution in [0.4, 0.5) is 0 Å². The lowest BCUT2D eigenvalue weighted by atomic mass is 10.0. The van der Waals surface area contributed by atoms with E-state index in [1.807, 2.05) is 10.6 Å². The summed E-state index contributed by atoms with van der Waals surface area (Å²) in [5.74, 6) is -0.519. The van der Waals surface area contributed by atoms with Crippen molar-refractivity contribution in [2.75, 3.05) is 13.6 Å². The maximum Gasteiger partial charge on any atom is 0.328 e. The molecule has 0 spiro atoms. The monoisotopic (exact) mass is 304 g/mol. The van der Waals surface area contributed by atoms with Crippen molar-refractivity contribution in [2.24, 2.45) is 5.92 Å². The lowest BCUT2D eigenvalue weighted by molar-refractivity contribution is -0.131. The number of aliphatic carboxylic acids is 1. The molecule has 120 valence electrons. The predicted molar refractivity (Wildman–Crippen MR) is 86.9 cm³/mol. The van der Waals surface area contributed by atoms with Gasteiger partial charge >= 0.3 is 5.97 Å². The molecule has 1 aromatic rings. The molecule has 0 radical (unpaired) electrons. The van der Waals surface area contributed by atoms with E-state index in [1.54, 1.807) is 0 Å². The zero-order valence-corrected chi connectivity index (χ0v) is 13.5. The van der Waals surface area contributed by atoms with Gasteiger partial charge in [-0.25, -0.2) is 4.79 Å². The Morgan fingerprint density at radius 1 is 1.45 bits per heavy atom. The Morgan fingerprint density at radius 3 is 2.82 bits per heavy atom. The Bertz CT molecular complexity index is 644. The normalized spacial score (nSPS) is 15.5. The van der Waals surface area contributed by atoms with Crippen LogP contribution < -0.4 is 5.56 Å². The first-order chi connectivity index (χ1) is 10.4. The average Bonchev–Trinajstić information content (AvgIpc) is 2.44. The summed E-state index contributed by atoms with van der Waals surface area (Å²) in [6.07, 6.45) is 4.24. The van der Waals surface area contributed by atoms with E-state index in [1.165, 1.54) is 6.08 Å². The standard InChI is InChI=1S/C17H24N2O3/c1-12(2)6-9-19-15-7-8-18(3)11-14(15)10-13(17(19)22)4-5-16(20)21/h4-5,10,12H,6-9,11H2,1-3H3,(H,20,21)/b5-4+. The number of carboxylic acid groups (broad SMARTS) is 1. The fraction of sp³-hybridized carbons (Fsp3) is 0.529. The van der Waals surface area contributed by atoms with Gasteiger partial charge in [0.1, 0.15) is 0 Å². The highest BCUT2D eigenvalue weighted by Crippen LogP contribution is 2.19. The van der Waals surface area contributed by atoms with Gasteiger partial charge in [0.2, 0.25) is 0 Å². The number of carboxylic acids is 1. The third-order valence-electron chi connectivity index (χ3n) is 4.02. The van der Waals surface area contributed by atoms with Crippen molar-refractivity contribution in [3.63, 3.8) is 0 Å². The molecule has 2 heterocycles. The molecule has 1 aromatic heterocycles. The Balaban J connectivity index is 2.48. The lowest BCUT2D eigenvalue weighted by Crippen LogP contribution is -2.35. The summed E-state index contributed by atoms with van der Waals surface area (Å²) in [6, 6.07) is 1.85. The summed E-state index contributed by atoms with van der Waals surface area (Å²) >= 11 is 0. The maximum atomic E-state index is 12.7. The van der Waals surface area contributed by atoms with E-state index in [0.29, 0.717) is 18.0 Å².